The second-order valence-corrected chi connectivity index (χ2v) is 6.00. The summed E-state index contributed by atoms with van der Waals surface area (Å²) in [4.78, 5) is 0. The van der Waals surface area contributed by atoms with Crippen molar-refractivity contribution < 1.29 is 0 Å². The van der Waals surface area contributed by atoms with E-state index in [0.717, 1.165) is 41.0 Å². The number of aromatic nitrogens is 4. The summed E-state index contributed by atoms with van der Waals surface area (Å²) in [6.45, 7) is 10.6. The summed E-state index contributed by atoms with van der Waals surface area (Å²) in [7, 11) is 0. The molecule has 0 aliphatic carbocycles. The van der Waals surface area contributed by atoms with Crippen LogP contribution in [0.4, 0.5) is 5.69 Å². The molecule has 2 rings (SSSR count). The zero-order valence-electron chi connectivity index (χ0n) is 12.9. The molecular formula is C15H23N5. The van der Waals surface area contributed by atoms with Crippen LogP contribution in [0, 0.1) is 13.8 Å². The Balaban J connectivity index is 2.56. The lowest BCUT2D eigenvalue weighted by molar-refractivity contribution is 0.290. The molecule has 2 N–H and O–H groups in total. The van der Waals surface area contributed by atoms with Crippen LogP contribution < -0.4 is 5.73 Å². The van der Waals surface area contributed by atoms with Crippen LogP contribution in [-0.2, 0) is 5.54 Å². The first kappa shape index (κ1) is 14.5. The number of nitrogens with zero attached hydrogens (tertiary/aromatic N) is 4. The van der Waals surface area contributed by atoms with Crippen LogP contribution in [-0.4, -0.2) is 20.2 Å². The normalized spacial score (nSPS) is 11.8. The van der Waals surface area contributed by atoms with Gasteiger partial charge in [0.15, 0.2) is 5.82 Å². The molecule has 1 aromatic carbocycles. The molecule has 0 saturated heterocycles. The average molecular weight is 273 g/mol. The van der Waals surface area contributed by atoms with E-state index < -0.39 is 0 Å². The molecule has 5 nitrogen and oxygen atoms in total. The fourth-order valence-electron chi connectivity index (χ4n) is 2.59. The zero-order valence-corrected chi connectivity index (χ0v) is 12.9. The van der Waals surface area contributed by atoms with E-state index >= 15 is 0 Å². The van der Waals surface area contributed by atoms with Crippen LogP contribution in [0.5, 0.6) is 0 Å². The lowest BCUT2D eigenvalue weighted by Gasteiger charge is -2.25. The number of hydrogen-bond acceptors (Lipinski definition) is 4. The summed E-state index contributed by atoms with van der Waals surface area (Å²) in [6.07, 6.45) is 2.10. The minimum absolute atomic E-state index is 0.111. The molecule has 0 aliphatic rings. The molecule has 0 aliphatic heterocycles. The minimum Gasteiger partial charge on any atom is -0.398 e. The molecule has 20 heavy (non-hydrogen) atoms. The fraction of sp³-hybridized carbons (Fsp3) is 0.533. The molecule has 1 heterocycles. The molecule has 0 atom stereocenters. The van der Waals surface area contributed by atoms with Gasteiger partial charge in [-0.1, -0.05) is 19.4 Å². The maximum absolute atomic E-state index is 6.04. The highest BCUT2D eigenvalue weighted by Crippen LogP contribution is 2.30. The SMILES string of the molecule is CCCC(C)(C)n1nnnc1-c1cc(N)c(C)cc1C. The van der Waals surface area contributed by atoms with Gasteiger partial charge in [0.05, 0.1) is 5.54 Å². The summed E-state index contributed by atoms with van der Waals surface area (Å²) in [5.74, 6) is 0.785. The molecule has 0 unspecified atom stereocenters. The number of tetrazole rings is 1. The second kappa shape index (κ2) is 5.23. The van der Waals surface area contributed by atoms with Gasteiger partial charge in [0.25, 0.3) is 0 Å². The van der Waals surface area contributed by atoms with Gasteiger partial charge in [-0.3, -0.25) is 0 Å². The molecule has 0 radical (unpaired) electrons. The van der Waals surface area contributed by atoms with Gasteiger partial charge in [-0.15, -0.1) is 5.10 Å². The first-order chi connectivity index (χ1) is 9.36. The van der Waals surface area contributed by atoms with Crippen LogP contribution in [0.1, 0.15) is 44.7 Å². The quantitative estimate of drug-likeness (QED) is 0.869. The van der Waals surface area contributed by atoms with Gasteiger partial charge in [-0.05, 0) is 61.7 Å². The molecule has 0 fully saturated rings. The van der Waals surface area contributed by atoms with Gasteiger partial charge >= 0.3 is 0 Å². The van der Waals surface area contributed by atoms with Crippen molar-refractivity contribution in [3.05, 3.63) is 23.3 Å². The van der Waals surface area contributed by atoms with Crippen LogP contribution in [0.3, 0.4) is 0 Å². The number of hydrogen-bond donors (Lipinski definition) is 1. The minimum atomic E-state index is -0.111. The summed E-state index contributed by atoms with van der Waals surface area (Å²) >= 11 is 0. The Morgan fingerprint density at radius 1 is 1.20 bits per heavy atom. The van der Waals surface area contributed by atoms with E-state index in [0.29, 0.717) is 0 Å². The van der Waals surface area contributed by atoms with Crippen molar-refractivity contribution in [3.63, 3.8) is 0 Å². The van der Waals surface area contributed by atoms with E-state index in [1.807, 2.05) is 17.7 Å². The van der Waals surface area contributed by atoms with E-state index in [2.05, 4.69) is 49.3 Å². The maximum atomic E-state index is 6.04. The van der Waals surface area contributed by atoms with Crippen molar-refractivity contribution in [1.82, 2.24) is 20.2 Å². The molecule has 0 saturated carbocycles. The molecule has 0 spiro atoms. The summed E-state index contributed by atoms with van der Waals surface area (Å²) in [5.41, 5.74) is 9.92. The Morgan fingerprint density at radius 3 is 2.55 bits per heavy atom. The van der Waals surface area contributed by atoms with E-state index in [1.54, 1.807) is 0 Å². The third-order valence-electron chi connectivity index (χ3n) is 3.76. The first-order valence-corrected chi connectivity index (χ1v) is 7.02. The highest BCUT2D eigenvalue weighted by atomic mass is 15.6. The van der Waals surface area contributed by atoms with E-state index in [9.17, 15) is 0 Å². The Labute approximate surface area is 120 Å². The predicted octanol–water partition coefficient (Wildman–Crippen LogP) is 3.07. The number of aryl methyl sites for hydroxylation is 2. The molecule has 0 amide bonds. The number of nitrogen functional groups attached to an aromatic ring is 1. The maximum Gasteiger partial charge on any atom is 0.182 e. The van der Waals surface area contributed by atoms with Crippen LogP contribution in [0.25, 0.3) is 11.4 Å². The smallest absolute Gasteiger partial charge is 0.182 e. The lowest BCUT2D eigenvalue weighted by Crippen LogP contribution is -2.28. The van der Waals surface area contributed by atoms with Crippen molar-refractivity contribution >= 4 is 5.69 Å². The molecule has 1 aromatic heterocycles. The van der Waals surface area contributed by atoms with Gasteiger partial charge < -0.3 is 5.73 Å². The van der Waals surface area contributed by atoms with Gasteiger partial charge in [0.2, 0.25) is 0 Å². The van der Waals surface area contributed by atoms with E-state index in [-0.39, 0.29) is 5.54 Å². The fourth-order valence-corrected chi connectivity index (χ4v) is 2.59. The predicted molar refractivity (Wildman–Crippen MR) is 81.4 cm³/mol. The topological polar surface area (TPSA) is 69.6 Å². The van der Waals surface area contributed by atoms with E-state index in [4.69, 9.17) is 5.73 Å². The Morgan fingerprint density at radius 2 is 1.90 bits per heavy atom. The van der Waals surface area contributed by atoms with Gasteiger partial charge in [-0.2, -0.15) is 0 Å². The number of benzene rings is 1. The van der Waals surface area contributed by atoms with E-state index in [1.165, 1.54) is 0 Å². The first-order valence-electron chi connectivity index (χ1n) is 7.02. The number of rotatable bonds is 4. The Kier molecular flexibility index (Phi) is 3.79. The second-order valence-electron chi connectivity index (χ2n) is 6.00. The third kappa shape index (κ3) is 2.53. The highest BCUT2D eigenvalue weighted by molar-refractivity contribution is 5.67. The zero-order chi connectivity index (χ0) is 14.9. The van der Waals surface area contributed by atoms with Crippen molar-refractivity contribution in [2.24, 2.45) is 0 Å². The van der Waals surface area contributed by atoms with Gasteiger partial charge in [-0.25, -0.2) is 4.68 Å². The number of anilines is 1. The third-order valence-corrected chi connectivity index (χ3v) is 3.76. The lowest BCUT2D eigenvalue weighted by atomic mass is 9.97. The van der Waals surface area contributed by atoms with Gasteiger partial charge in [0.1, 0.15) is 0 Å². The molecular weight excluding hydrogens is 250 g/mol. The largest absolute Gasteiger partial charge is 0.398 e. The van der Waals surface area contributed by atoms with Crippen LogP contribution in [0.15, 0.2) is 12.1 Å². The summed E-state index contributed by atoms with van der Waals surface area (Å²) in [5, 5.41) is 12.3. The molecule has 0 bridgehead atoms. The van der Waals surface area contributed by atoms with Crippen LogP contribution >= 0.6 is 0 Å². The highest BCUT2D eigenvalue weighted by Gasteiger charge is 2.25. The molecule has 2 aromatic rings. The van der Waals surface area contributed by atoms with Crippen LogP contribution in [0.2, 0.25) is 0 Å². The van der Waals surface area contributed by atoms with Crippen molar-refractivity contribution in [1.29, 1.82) is 0 Å². The summed E-state index contributed by atoms with van der Waals surface area (Å²) < 4.78 is 1.91. The monoisotopic (exact) mass is 273 g/mol. The van der Waals surface area contributed by atoms with Gasteiger partial charge in [0, 0.05) is 11.3 Å². The standard InChI is InChI=1S/C15H23N5/c1-6-7-15(4,5)20-14(17-18-19-20)12-9-13(16)11(3)8-10(12)2/h8-9H,6-7,16H2,1-5H3. The van der Waals surface area contributed by atoms with Crippen molar-refractivity contribution in [2.75, 3.05) is 5.73 Å². The average Bonchev–Trinajstić information content (AvgIpc) is 2.83. The number of nitrogens with two attached hydrogens (primary N) is 1. The van der Waals surface area contributed by atoms with Crippen molar-refractivity contribution in [2.45, 2.75) is 53.0 Å². The van der Waals surface area contributed by atoms with Crippen molar-refractivity contribution in [3.8, 4) is 11.4 Å². The Bertz CT molecular complexity index is 613. The molecule has 108 valence electrons. The molecule has 5 heteroatoms. The Hall–Kier alpha value is -1.91. The summed E-state index contributed by atoms with van der Waals surface area (Å²) in [6, 6.07) is 4.05.